The maximum atomic E-state index is 12.9. The van der Waals surface area contributed by atoms with Crippen LogP contribution < -0.4 is 0 Å². The molecule has 2 atom stereocenters. The standard InChI is InChI=1S/C94H166NO8P/c1-6-8-10-12-14-16-18-20-22-24-26-28-30-32-34-36-38-40-42-44-46-47-49-51-53-55-57-59-61-63-65-67-69-71-73-75-77-79-81-83-85-87-94(97)103-92(91-102-104(98,99)101-89-88-95(3,4)5)90-100-93(96)86-84-82-80-78-76-74-72-70-68-66-64-62-60-58-56-54-52-50-48-45-43-41-39-37-35-33-31-29-27-25-23-21-19-17-15-13-11-9-7-2/h8,10,14,16,19-22,25-28,32,34,38,40,44,46,49,51,55,57,92H,6-7,9,11-13,15,17-18,23-24,29-31,33,35-37,39,41-43,45,47-48,50,52-54,56,58-91H2,1-5H3/p+1/b10-8-,16-14-,21-19-,22-20-,27-25-,28-26-,34-32-,40-38-,46-44-,51-49-,57-55-. The van der Waals surface area contributed by atoms with Crippen LogP contribution in [0, 0.1) is 0 Å². The number of carbonyl (C=O) groups is 2. The van der Waals surface area contributed by atoms with Gasteiger partial charge in [-0.05, 0) is 116 Å². The van der Waals surface area contributed by atoms with Gasteiger partial charge in [-0.3, -0.25) is 18.6 Å². The summed E-state index contributed by atoms with van der Waals surface area (Å²) in [4.78, 5) is 36.1. The lowest BCUT2D eigenvalue weighted by atomic mass is 10.0. The molecule has 0 heterocycles. The van der Waals surface area contributed by atoms with Crippen molar-refractivity contribution in [1.29, 1.82) is 0 Å². The number of ether oxygens (including phenoxy) is 2. The number of phosphoric acid groups is 1. The number of allylic oxidation sites excluding steroid dienone is 22. The summed E-state index contributed by atoms with van der Waals surface area (Å²) >= 11 is 0. The van der Waals surface area contributed by atoms with Crippen LogP contribution in [0.15, 0.2) is 134 Å². The Balaban J connectivity index is 3.93. The van der Waals surface area contributed by atoms with E-state index in [2.05, 4.69) is 148 Å². The Bertz CT molecular complexity index is 2230. The van der Waals surface area contributed by atoms with E-state index >= 15 is 0 Å². The van der Waals surface area contributed by atoms with Crippen molar-refractivity contribution in [3.63, 3.8) is 0 Å². The number of hydrogen-bond acceptors (Lipinski definition) is 7. The third-order valence-electron chi connectivity index (χ3n) is 19.2. The highest BCUT2D eigenvalue weighted by Gasteiger charge is 2.27. The van der Waals surface area contributed by atoms with Crippen molar-refractivity contribution in [2.24, 2.45) is 0 Å². The number of rotatable bonds is 81. The van der Waals surface area contributed by atoms with Gasteiger partial charge in [0.2, 0.25) is 0 Å². The van der Waals surface area contributed by atoms with E-state index in [4.69, 9.17) is 18.5 Å². The van der Waals surface area contributed by atoms with E-state index in [-0.39, 0.29) is 32.0 Å². The summed E-state index contributed by atoms with van der Waals surface area (Å²) in [5.74, 6) is -0.786. The van der Waals surface area contributed by atoms with Crippen molar-refractivity contribution in [1.82, 2.24) is 0 Å². The zero-order valence-electron chi connectivity index (χ0n) is 68.7. The average Bonchev–Trinajstić information content (AvgIpc) is 0.920. The Morgan fingerprint density at radius 3 is 0.817 bits per heavy atom. The van der Waals surface area contributed by atoms with Crippen molar-refractivity contribution >= 4 is 19.8 Å². The SMILES string of the molecule is CC/C=C\C/C=C\C/C=C\C/C=C\C/C=C\C/C=C\C/C=C\C/C=C\C/C=C\CCCCCCCCCCCCCCCC(=O)OC(COC(=O)CCCCCCCCCCCCCCCCCCCCCCCCCCCCC/C=C\C/C=C\CCCCCCC)COP(=O)(O)OCC[N+](C)(C)C. The normalized spacial score (nSPS) is 13.6. The zero-order valence-corrected chi connectivity index (χ0v) is 69.6. The number of unbranched alkanes of at least 4 members (excludes halogenated alkanes) is 45. The Labute approximate surface area is 644 Å². The summed E-state index contributed by atoms with van der Waals surface area (Å²) in [6, 6.07) is 0. The van der Waals surface area contributed by atoms with Gasteiger partial charge >= 0.3 is 19.8 Å². The van der Waals surface area contributed by atoms with E-state index in [0.29, 0.717) is 17.4 Å². The molecule has 0 aliphatic rings. The molecule has 10 heteroatoms. The van der Waals surface area contributed by atoms with E-state index in [1.54, 1.807) is 0 Å². The van der Waals surface area contributed by atoms with Gasteiger partial charge in [-0.2, -0.15) is 0 Å². The summed E-state index contributed by atoms with van der Waals surface area (Å²) in [5, 5.41) is 0. The fourth-order valence-corrected chi connectivity index (χ4v) is 13.3. The fraction of sp³-hybridized carbons (Fsp3) is 0.745. The minimum absolute atomic E-state index is 0.0290. The number of nitrogens with zero attached hydrogens (tertiary/aromatic N) is 1. The molecule has 0 aliphatic carbocycles. The molecule has 9 nitrogen and oxygen atoms in total. The second-order valence-corrected chi connectivity index (χ2v) is 32.0. The molecule has 0 saturated carbocycles. The Hall–Kier alpha value is -3.85. The molecular formula is C94H167NO8P+. The maximum absolute atomic E-state index is 12.9. The first-order chi connectivity index (χ1) is 51.0. The van der Waals surface area contributed by atoms with Crippen LogP contribution in [-0.2, 0) is 32.7 Å². The number of esters is 2. The van der Waals surface area contributed by atoms with Crippen molar-refractivity contribution in [3.8, 4) is 0 Å². The minimum Gasteiger partial charge on any atom is -0.462 e. The number of hydrogen-bond donors (Lipinski definition) is 1. The van der Waals surface area contributed by atoms with Crippen LogP contribution in [0.2, 0.25) is 0 Å². The highest BCUT2D eigenvalue weighted by atomic mass is 31.2. The third-order valence-corrected chi connectivity index (χ3v) is 20.1. The average molecular weight is 1470 g/mol. The summed E-state index contributed by atoms with van der Waals surface area (Å²) in [5.41, 5.74) is 0. The lowest BCUT2D eigenvalue weighted by Gasteiger charge is -2.24. The molecule has 0 bridgehead atoms. The molecular weight excluding hydrogens is 1300 g/mol. The van der Waals surface area contributed by atoms with Gasteiger partial charge in [0.1, 0.15) is 19.8 Å². The van der Waals surface area contributed by atoms with E-state index in [1.165, 1.54) is 263 Å². The molecule has 0 fully saturated rings. The van der Waals surface area contributed by atoms with Crippen LogP contribution in [0.5, 0.6) is 0 Å². The number of quaternary nitrogens is 1. The van der Waals surface area contributed by atoms with E-state index in [1.807, 2.05) is 21.1 Å². The lowest BCUT2D eigenvalue weighted by molar-refractivity contribution is -0.870. The largest absolute Gasteiger partial charge is 0.472 e. The Morgan fingerprint density at radius 1 is 0.308 bits per heavy atom. The van der Waals surface area contributed by atoms with E-state index in [9.17, 15) is 19.0 Å². The predicted octanol–water partition coefficient (Wildman–Crippen LogP) is 29.8. The first kappa shape index (κ1) is 100. The van der Waals surface area contributed by atoms with Gasteiger partial charge in [0.05, 0.1) is 27.7 Å². The van der Waals surface area contributed by atoms with Crippen LogP contribution >= 0.6 is 7.82 Å². The maximum Gasteiger partial charge on any atom is 0.472 e. The van der Waals surface area contributed by atoms with Gasteiger partial charge < -0.3 is 18.9 Å². The van der Waals surface area contributed by atoms with Gasteiger partial charge in [0, 0.05) is 12.8 Å². The molecule has 0 radical (unpaired) electrons. The second-order valence-electron chi connectivity index (χ2n) is 30.5. The van der Waals surface area contributed by atoms with Crippen LogP contribution in [0.25, 0.3) is 0 Å². The zero-order chi connectivity index (χ0) is 75.4. The number of likely N-dealkylation sites (N-methyl/N-ethyl adjacent to an activating group) is 1. The summed E-state index contributed by atoms with van der Waals surface area (Å²) in [6.07, 6.45) is 122. The molecule has 0 aromatic heterocycles. The molecule has 0 spiro atoms. The first-order valence-electron chi connectivity index (χ1n) is 43.9. The number of phosphoric ester groups is 1. The van der Waals surface area contributed by atoms with Crippen molar-refractivity contribution < 1.29 is 42.1 Å². The molecule has 0 aromatic carbocycles. The minimum atomic E-state index is -4.40. The van der Waals surface area contributed by atoms with Crippen molar-refractivity contribution in [2.75, 3.05) is 47.5 Å². The second kappa shape index (κ2) is 83.2. The van der Waals surface area contributed by atoms with Crippen LogP contribution in [0.1, 0.15) is 399 Å². The molecule has 104 heavy (non-hydrogen) atoms. The molecule has 600 valence electrons. The van der Waals surface area contributed by atoms with Gasteiger partial charge in [0.15, 0.2) is 6.10 Å². The molecule has 0 saturated heterocycles. The van der Waals surface area contributed by atoms with Crippen molar-refractivity contribution in [3.05, 3.63) is 134 Å². The molecule has 0 amide bonds. The lowest BCUT2D eigenvalue weighted by Crippen LogP contribution is -2.37. The molecule has 2 unspecified atom stereocenters. The van der Waals surface area contributed by atoms with Crippen LogP contribution in [0.3, 0.4) is 0 Å². The highest BCUT2D eigenvalue weighted by molar-refractivity contribution is 7.47. The molecule has 0 aliphatic heterocycles. The fourth-order valence-electron chi connectivity index (χ4n) is 12.5. The Kier molecular flexibility index (Phi) is 80.1. The van der Waals surface area contributed by atoms with Crippen molar-refractivity contribution in [2.45, 2.75) is 405 Å². The molecule has 0 rings (SSSR count). The van der Waals surface area contributed by atoms with Gasteiger partial charge in [0.25, 0.3) is 0 Å². The van der Waals surface area contributed by atoms with Crippen LogP contribution in [0.4, 0.5) is 0 Å². The van der Waals surface area contributed by atoms with Crippen LogP contribution in [-0.4, -0.2) is 74.9 Å². The molecule has 1 N–H and O–H groups in total. The number of carbonyl (C=O) groups excluding carboxylic acids is 2. The predicted molar refractivity (Wildman–Crippen MR) is 454 cm³/mol. The monoisotopic (exact) mass is 1470 g/mol. The summed E-state index contributed by atoms with van der Waals surface area (Å²) in [7, 11) is 1.48. The summed E-state index contributed by atoms with van der Waals surface area (Å²) < 4.78 is 34.9. The van der Waals surface area contributed by atoms with E-state index < -0.39 is 26.5 Å². The van der Waals surface area contributed by atoms with Gasteiger partial charge in [-0.1, -0.05) is 404 Å². The third kappa shape index (κ3) is 87.1. The van der Waals surface area contributed by atoms with Gasteiger partial charge in [-0.25, -0.2) is 4.57 Å². The first-order valence-corrected chi connectivity index (χ1v) is 45.4. The molecule has 0 aromatic rings. The summed E-state index contributed by atoms with van der Waals surface area (Å²) in [6.45, 7) is 4.35. The van der Waals surface area contributed by atoms with E-state index in [0.717, 1.165) is 103 Å². The smallest absolute Gasteiger partial charge is 0.462 e. The highest BCUT2D eigenvalue weighted by Crippen LogP contribution is 2.43. The quantitative estimate of drug-likeness (QED) is 0.0211. The Morgan fingerprint density at radius 2 is 0.548 bits per heavy atom. The topological polar surface area (TPSA) is 108 Å². The van der Waals surface area contributed by atoms with Gasteiger partial charge in [-0.15, -0.1) is 0 Å².